The molecule has 3 aromatic rings. The summed E-state index contributed by atoms with van der Waals surface area (Å²) in [6.07, 6.45) is 4.23. The Kier molecular flexibility index (Phi) is 5.36. The van der Waals surface area contributed by atoms with Gasteiger partial charge in [0.25, 0.3) is 5.91 Å². The zero-order valence-electron chi connectivity index (χ0n) is 14.5. The number of anilines is 1. The highest BCUT2D eigenvalue weighted by Gasteiger charge is 2.13. The van der Waals surface area contributed by atoms with Gasteiger partial charge in [0.05, 0.1) is 24.7 Å². The summed E-state index contributed by atoms with van der Waals surface area (Å²) in [6, 6.07) is 11.1. The molecule has 3 N–H and O–H groups in total. The van der Waals surface area contributed by atoms with E-state index < -0.39 is 5.91 Å². The lowest BCUT2D eigenvalue weighted by Gasteiger charge is -2.10. The molecule has 27 heavy (non-hydrogen) atoms. The van der Waals surface area contributed by atoms with Crippen molar-refractivity contribution in [1.29, 1.82) is 0 Å². The van der Waals surface area contributed by atoms with Crippen LogP contribution in [0.4, 0.5) is 5.69 Å². The van der Waals surface area contributed by atoms with Crippen molar-refractivity contribution < 1.29 is 29.3 Å². The van der Waals surface area contributed by atoms with E-state index in [1.54, 1.807) is 31.5 Å². The van der Waals surface area contributed by atoms with Crippen LogP contribution >= 0.6 is 0 Å². The minimum absolute atomic E-state index is 0.105. The van der Waals surface area contributed by atoms with Gasteiger partial charge in [-0.1, -0.05) is 0 Å². The van der Waals surface area contributed by atoms with Gasteiger partial charge < -0.3 is 19.9 Å². The predicted octanol–water partition coefficient (Wildman–Crippen LogP) is 2.15. The third-order valence-corrected chi connectivity index (χ3v) is 3.68. The number of benzene rings is 1. The van der Waals surface area contributed by atoms with Gasteiger partial charge in [0, 0.05) is 16.9 Å². The molecule has 0 bridgehead atoms. The molecule has 0 fully saturated rings. The van der Waals surface area contributed by atoms with Gasteiger partial charge in [-0.05, 0) is 30.3 Å². The van der Waals surface area contributed by atoms with Gasteiger partial charge in [0.1, 0.15) is 29.4 Å². The molecule has 0 aliphatic rings. The Balaban J connectivity index is 1.69. The van der Waals surface area contributed by atoms with Crippen LogP contribution in [0.15, 0.2) is 61.1 Å². The van der Waals surface area contributed by atoms with Crippen LogP contribution in [0.25, 0.3) is 0 Å². The van der Waals surface area contributed by atoms with E-state index in [1.165, 1.54) is 36.7 Å². The molecular formula is C19H18N3O5+. The van der Waals surface area contributed by atoms with Crippen LogP contribution < -0.4 is 19.5 Å². The van der Waals surface area contributed by atoms with Gasteiger partial charge in [-0.3, -0.25) is 15.0 Å². The van der Waals surface area contributed by atoms with E-state index in [0.717, 1.165) is 4.73 Å². The number of phenols is 1. The number of nitrogens with one attached hydrogen (secondary N) is 1. The third kappa shape index (κ3) is 4.63. The Morgan fingerprint density at radius 1 is 1.22 bits per heavy atom. The quantitative estimate of drug-likeness (QED) is 0.350. The van der Waals surface area contributed by atoms with Gasteiger partial charge >= 0.3 is 0 Å². The predicted molar refractivity (Wildman–Crippen MR) is 95.0 cm³/mol. The zero-order valence-corrected chi connectivity index (χ0v) is 14.5. The summed E-state index contributed by atoms with van der Waals surface area (Å²) in [4.78, 5) is 16.5. The molecule has 3 rings (SSSR count). The molecule has 0 saturated heterocycles. The second kappa shape index (κ2) is 8.05. The van der Waals surface area contributed by atoms with Crippen LogP contribution in [0, 0.1) is 0 Å². The van der Waals surface area contributed by atoms with Crippen LogP contribution in [0.5, 0.6) is 17.2 Å². The first-order valence-corrected chi connectivity index (χ1v) is 8.02. The number of phenolic OH excluding ortho intramolecular Hbond substituents is 1. The van der Waals surface area contributed by atoms with E-state index in [-0.39, 0.29) is 23.6 Å². The van der Waals surface area contributed by atoms with Crippen LogP contribution in [0.2, 0.25) is 0 Å². The number of ether oxygens (including phenoxy) is 2. The van der Waals surface area contributed by atoms with Crippen LogP contribution in [0.3, 0.4) is 0 Å². The molecule has 2 aromatic heterocycles. The van der Waals surface area contributed by atoms with E-state index in [4.69, 9.17) is 9.47 Å². The Hall–Kier alpha value is -3.81. The van der Waals surface area contributed by atoms with Crippen molar-refractivity contribution in [3.05, 3.63) is 72.3 Å². The van der Waals surface area contributed by atoms with Crippen LogP contribution in [0.1, 0.15) is 16.1 Å². The molecule has 8 heteroatoms. The summed E-state index contributed by atoms with van der Waals surface area (Å²) in [6.45, 7) is 0.214. The number of aromatic hydroxyl groups is 1. The van der Waals surface area contributed by atoms with Crippen molar-refractivity contribution in [2.45, 2.75) is 6.61 Å². The minimum Gasteiger partial charge on any atom is -0.506 e. The smallest absolute Gasteiger partial charge is 0.262 e. The Bertz CT molecular complexity index is 944. The molecule has 0 aliphatic carbocycles. The normalized spacial score (nSPS) is 10.3. The SMILES string of the molecule is COc1ccc(COc2ccc(O)c(NC(=O)c3ccc[n+](O)c3)c2)nc1. The summed E-state index contributed by atoms with van der Waals surface area (Å²) in [5, 5.41) is 22.0. The summed E-state index contributed by atoms with van der Waals surface area (Å²) < 4.78 is 11.5. The summed E-state index contributed by atoms with van der Waals surface area (Å²) in [5.74, 6) is 0.512. The highest BCUT2D eigenvalue weighted by Crippen LogP contribution is 2.28. The summed E-state index contributed by atoms with van der Waals surface area (Å²) >= 11 is 0. The Labute approximate surface area is 155 Å². The van der Waals surface area contributed by atoms with Gasteiger partial charge in [-0.15, -0.1) is 0 Å². The maximum atomic E-state index is 12.3. The molecule has 0 radical (unpaired) electrons. The maximum absolute atomic E-state index is 12.3. The highest BCUT2D eigenvalue weighted by molar-refractivity contribution is 6.04. The lowest BCUT2D eigenvalue weighted by atomic mass is 10.2. The van der Waals surface area contributed by atoms with E-state index >= 15 is 0 Å². The number of carbonyl (C=O) groups is 1. The molecule has 0 unspecified atom stereocenters. The fraction of sp³-hybridized carbons (Fsp3) is 0.105. The van der Waals surface area contributed by atoms with Crippen molar-refractivity contribution in [2.24, 2.45) is 0 Å². The lowest BCUT2D eigenvalue weighted by Crippen LogP contribution is -2.30. The van der Waals surface area contributed by atoms with Crippen molar-refractivity contribution in [3.8, 4) is 17.2 Å². The number of nitrogens with zero attached hydrogens (tertiary/aromatic N) is 2. The highest BCUT2D eigenvalue weighted by atomic mass is 16.5. The first-order chi connectivity index (χ1) is 13.0. The van der Waals surface area contributed by atoms with Gasteiger partial charge in [0.15, 0.2) is 0 Å². The number of carbonyl (C=O) groups excluding carboxylic acids is 1. The number of hydrogen-bond donors (Lipinski definition) is 3. The van der Waals surface area contributed by atoms with Crippen molar-refractivity contribution >= 4 is 11.6 Å². The monoisotopic (exact) mass is 368 g/mol. The van der Waals surface area contributed by atoms with Gasteiger partial charge in [-0.25, -0.2) is 0 Å². The molecule has 8 nitrogen and oxygen atoms in total. The number of hydrogen-bond acceptors (Lipinski definition) is 6. The third-order valence-electron chi connectivity index (χ3n) is 3.68. The second-order valence-electron chi connectivity index (χ2n) is 5.58. The van der Waals surface area contributed by atoms with E-state index in [0.29, 0.717) is 17.2 Å². The average molecular weight is 368 g/mol. The largest absolute Gasteiger partial charge is 0.506 e. The van der Waals surface area contributed by atoms with E-state index in [9.17, 15) is 15.1 Å². The molecule has 0 spiro atoms. The molecule has 1 aromatic carbocycles. The average Bonchev–Trinajstić information content (AvgIpc) is 2.69. The molecule has 138 valence electrons. The van der Waals surface area contributed by atoms with Crippen molar-refractivity contribution in [2.75, 3.05) is 12.4 Å². The first-order valence-electron chi connectivity index (χ1n) is 8.02. The molecule has 0 aliphatic heterocycles. The zero-order chi connectivity index (χ0) is 19.2. The number of aromatic nitrogens is 2. The van der Waals surface area contributed by atoms with Gasteiger partial charge in [-0.2, -0.15) is 0 Å². The maximum Gasteiger partial charge on any atom is 0.262 e. The number of methoxy groups -OCH3 is 1. The number of pyridine rings is 2. The van der Waals surface area contributed by atoms with E-state index in [1.807, 2.05) is 0 Å². The summed E-state index contributed by atoms with van der Waals surface area (Å²) in [7, 11) is 1.56. The first kappa shape index (κ1) is 18.0. The topological polar surface area (TPSA) is 105 Å². The number of rotatable bonds is 6. The minimum atomic E-state index is -0.484. The molecule has 0 saturated carbocycles. The molecule has 2 heterocycles. The van der Waals surface area contributed by atoms with Crippen LogP contribution in [-0.2, 0) is 6.61 Å². The fourth-order valence-corrected chi connectivity index (χ4v) is 2.27. The standard InChI is InChI=1S/C19H17N3O5/c1-26-16-5-4-14(20-10-16)12-27-15-6-7-18(23)17(9-15)21-19(24)13-3-2-8-22(25)11-13/h2-11H,12H2,1H3,(H2-,21,23,24,25)/p+1. The lowest BCUT2D eigenvalue weighted by molar-refractivity contribution is -0.904. The Morgan fingerprint density at radius 2 is 2.04 bits per heavy atom. The van der Waals surface area contributed by atoms with Gasteiger partial charge in [0.2, 0.25) is 12.4 Å². The molecule has 0 atom stereocenters. The fourth-order valence-electron chi connectivity index (χ4n) is 2.27. The number of amides is 1. The summed E-state index contributed by atoms with van der Waals surface area (Å²) in [5.41, 5.74) is 1.12. The van der Waals surface area contributed by atoms with Crippen molar-refractivity contribution in [1.82, 2.24) is 4.98 Å². The molecule has 1 amide bonds. The van der Waals surface area contributed by atoms with Crippen molar-refractivity contribution in [3.63, 3.8) is 0 Å². The van der Waals surface area contributed by atoms with Crippen LogP contribution in [-0.4, -0.2) is 28.3 Å². The van der Waals surface area contributed by atoms with E-state index in [2.05, 4.69) is 10.3 Å². The Morgan fingerprint density at radius 3 is 2.74 bits per heavy atom. The molecular weight excluding hydrogens is 350 g/mol. The second-order valence-corrected chi connectivity index (χ2v) is 5.58.